The smallest absolute Gasteiger partial charge is 0.337 e. The van der Waals surface area contributed by atoms with E-state index < -0.39 is 10.9 Å². The predicted octanol–water partition coefficient (Wildman–Crippen LogP) is 2.91. The topological polar surface area (TPSA) is 85.4 Å². The Morgan fingerprint density at radius 2 is 2.16 bits per heavy atom. The number of carboxylic acids is 1. The summed E-state index contributed by atoms with van der Waals surface area (Å²) in [6.07, 6.45) is 3.10. The Morgan fingerprint density at radius 3 is 2.74 bits per heavy atom. The first-order valence-corrected chi connectivity index (χ1v) is 6.09. The van der Waals surface area contributed by atoms with Gasteiger partial charge in [0.05, 0.1) is 10.5 Å². The molecule has 6 nitrogen and oxygen atoms in total. The molecule has 0 aliphatic rings. The Balaban J connectivity index is 2.30. The lowest BCUT2D eigenvalue weighted by atomic mass is 10.2. The fourth-order valence-corrected chi connectivity index (χ4v) is 2.23. The van der Waals surface area contributed by atoms with Crippen LogP contribution in [0.15, 0.2) is 41.1 Å². The van der Waals surface area contributed by atoms with Crippen molar-refractivity contribution in [2.24, 2.45) is 0 Å². The molecule has 2 aromatic rings. The summed E-state index contributed by atoms with van der Waals surface area (Å²) in [5.74, 6) is -1.00. The van der Waals surface area contributed by atoms with E-state index in [0.29, 0.717) is 16.6 Å². The average molecular weight is 325 g/mol. The van der Waals surface area contributed by atoms with E-state index in [-0.39, 0.29) is 11.3 Å². The van der Waals surface area contributed by atoms with Gasteiger partial charge in [-0.3, -0.25) is 10.1 Å². The van der Waals surface area contributed by atoms with Crippen molar-refractivity contribution in [2.75, 3.05) is 0 Å². The SMILES string of the molecule is O=C(O)c1ccn(Cc2cccc([N+](=O)[O-])c2Br)c1. The van der Waals surface area contributed by atoms with Crippen molar-refractivity contribution in [1.82, 2.24) is 4.57 Å². The van der Waals surface area contributed by atoms with Crippen LogP contribution in [-0.4, -0.2) is 20.6 Å². The number of nitrogens with zero attached hydrogens (tertiary/aromatic N) is 2. The van der Waals surface area contributed by atoms with E-state index in [9.17, 15) is 14.9 Å². The van der Waals surface area contributed by atoms with E-state index in [1.807, 2.05) is 0 Å². The molecule has 0 saturated heterocycles. The molecule has 0 saturated carbocycles. The maximum absolute atomic E-state index is 10.8. The summed E-state index contributed by atoms with van der Waals surface area (Å²) in [6, 6.07) is 6.23. The normalized spacial score (nSPS) is 10.4. The van der Waals surface area contributed by atoms with Crippen molar-refractivity contribution in [3.8, 4) is 0 Å². The highest BCUT2D eigenvalue weighted by atomic mass is 79.9. The second kappa shape index (κ2) is 5.23. The third-order valence-electron chi connectivity index (χ3n) is 2.61. The van der Waals surface area contributed by atoms with Crippen LogP contribution in [0.4, 0.5) is 5.69 Å². The number of carboxylic acid groups (broad SMARTS) is 1. The van der Waals surface area contributed by atoms with Gasteiger partial charge in [-0.1, -0.05) is 12.1 Å². The van der Waals surface area contributed by atoms with Crippen LogP contribution in [0.5, 0.6) is 0 Å². The molecule has 0 radical (unpaired) electrons. The quantitative estimate of drug-likeness (QED) is 0.692. The van der Waals surface area contributed by atoms with E-state index in [2.05, 4.69) is 15.9 Å². The lowest BCUT2D eigenvalue weighted by Gasteiger charge is -2.06. The van der Waals surface area contributed by atoms with Gasteiger partial charge >= 0.3 is 5.97 Å². The van der Waals surface area contributed by atoms with Crippen LogP contribution in [-0.2, 0) is 6.54 Å². The van der Waals surface area contributed by atoms with E-state index >= 15 is 0 Å². The summed E-state index contributed by atoms with van der Waals surface area (Å²) in [5.41, 5.74) is 0.881. The molecule has 1 heterocycles. The van der Waals surface area contributed by atoms with Gasteiger partial charge in [-0.2, -0.15) is 0 Å². The van der Waals surface area contributed by atoms with Crippen molar-refractivity contribution >= 4 is 27.6 Å². The fraction of sp³-hybridized carbons (Fsp3) is 0.0833. The molecule has 0 amide bonds. The van der Waals surface area contributed by atoms with Crippen LogP contribution in [0.25, 0.3) is 0 Å². The third kappa shape index (κ3) is 2.82. The number of hydrogen-bond acceptors (Lipinski definition) is 3. The fourth-order valence-electron chi connectivity index (χ4n) is 1.69. The number of hydrogen-bond donors (Lipinski definition) is 1. The number of nitro benzene ring substituents is 1. The zero-order valence-electron chi connectivity index (χ0n) is 9.62. The van der Waals surface area contributed by atoms with Gasteiger partial charge in [-0.25, -0.2) is 4.79 Å². The lowest BCUT2D eigenvalue weighted by molar-refractivity contribution is -0.385. The van der Waals surface area contributed by atoms with Crippen LogP contribution in [0.2, 0.25) is 0 Å². The molecule has 0 aliphatic heterocycles. The minimum absolute atomic E-state index is 0.0110. The van der Waals surface area contributed by atoms with Crippen molar-refractivity contribution in [3.63, 3.8) is 0 Å². The molecule has 7 heteroatoms. The third-order valence-corrected chi connectivity index (χ3v) is 3.52. The molecule has 0 unspecified atom stereocenters. The molecule has 1 N–H and O–H groups in total. The van der Waals surface area contributed by atoms with Gasteiger partial charge in [0.25, 0.3) is 5.69 Å². The maximum atomic E-state index is 10.8. The van der Waals surface area contributed by atoms with E-state index in [0.717, 1.165) is 0 Å². The minimum atomic E-state index is -1.00. The highest BCUT2D eigenvalue weighted by Gasteiger charge is 2.15. The number of rotatable bonds is 4. The predicted molar refractivity (Wildman–Crippen MR) is 71.3 cm³/mol. The van der Waals surface area contributed by atoms with Gasteiger partial charge in [0.2, 0.25) is 0 Å². The first kappa shape index (κ1) is 13.3. The Hall–Kier alpha value is -2.15. The largest absolute Gasteiger partial charge is 0.478 e. The Morgan fingerprint density at radius 1 is 1.42 bits per heavy atom. The number of aromatic nitrogens is 1. The molecule has 0 bridgehead atoms. The minimum Gasteiger partial charge on any atom is -0.478 e. The number of carbonyl (C=O) groups is 1. The highest BCUT2D eigenvalue weighted by Crippen LogP contribution is 2.28. The molecule has 98 valence electrons. The molecule has 1 aromatic carbocycles. The van der Waals surface area contributed by atoms with Gasteiger partial charge in [0.15, 0.2) is 0 Å². The van der Waals surface area contributed by atoms with Crippen LogP contribution < -0.4 is 0 Å². The van der Waals surface area contributed by atoms with Crippen molar-refractivity contribution < 1.29 is 14.8 Å². The molecule has 1 aromatic heterocycles. The van der Waals surface area contributed by atoms with Crippen molar-refractivity contribution in [2.45, 2.75) is 6.54 Å². The van der Waals surface area contributed by atoms with E-state index in [1.165, 1.54) is 18.3 Å². The standard InChI is InChI=1S/C12H9BrN2O4/c13-11-8(2-1-3-10(11)15(18)19)6-14-5-4-9(7-14)12(16)17/h1-5,7H,6H2,(H,16,17). The zero-order valence-corrected chi connectivity index (χ0v) is 11.2. The van der Waals surface area contributed by atoms with Gasteiger partial charge in [0.1, 0.15) is 4.47 Å². The van der Waals surface area contributed by atoms with Crippen LogP contribution in [0, 0.1) is 10.1 Å². The Kier molecular flexibility index (Phi) is 3.66. The van der Waals surface area contributed by atoms with E-state index in [1.54, 1.807) is 22.9 Å². The maximum Gasteiger partial charge on any atom is 0.337 e. The highest BCUT2D eigenvalue weighted by molar-refractivity contribution is 9.10. The molecule has 0 fully saturated rings. The molecule has 0 spiro atoms. The average Bonchev–Trinajstić information content (AvgIpc) is 2.80. The van der Waals surface area contributed by atoms with Gasteiger partial charge in [-0.05, 0) is 27.6 Å². The molecular formula is C12H9BrN2O4. The molecular weight excluding hydrogens is 316 g/mol. The van der Waals surface area contributed by atoms with Crippen molar-refractivity contribution in [3.05, 3.63) is 62.4 Å². The number of nitro groups is 1. The summed E-state index contributed by atoms with van der Waals surface area (Å²) in [5, 5.41) is 19.6. The zero-order chi connectivity index (χ0) is 14.0. The summed E-state index contributed by atoms with van der Waals surface area (Å²) < 4.78 is 2.07. The summed E-state index contributed by atoms with van der Waals surface area (Å²) in [6.45, 7) is 0.357. The molecule has 0 atom stereocenters. The number of halogens is 1. The number of aromatic carboxylic acids is 1. The monoisotopic (exact) mass is 324 g/mol. The lowest BCUT2D eigenvalue weighted by Crippen LogP contribution is -2.00. The van der Waals surface area contributed by atoms with Gasteiger partial charge in [0, 0.05) is 25.0 Å². The first-order valence-electron chi connectivity index (χ1n) is 5.30. The van der Waals surface area contributed by atoms with Crippen LogP contribution >= 0.6 is 15.9 Å². The van der Waals surface area contributed by atoms with Gasteiger partial charge < -0.3 is 9.67 Å². The van der Waals surface area contributed by atoms with Crippen LogP contribution in [0.3, 0.4) is 0 Å². The number of benzene rings is 1. The first-order chi connectivity index (χ1) is 8.99. The van der Waals surface area contributed by atoms with Crippen molar-refractivity contribution in [1.29, 1.82) is 0 Å². The molecule has 19 heavy (non-hydrogen) atoms. The van der Waals surface area contributed by atoms with E-state index in [4.69, 9.17) is 5.11 Å². The Labute approximate surface area is 116 Å². The second-order valence-electron chi connectivity index (χ2n) is 3.89. The second-order valence-corrected chi connectivity index (χ2v) is 4.68. The summed E-state index contributed by atoms with van der Waals surface area (Å²) >= 11 is 3.20. The summed E-state index contributed by atoms with van der Waals surface area (Å²) in [7, 11) is 0. The summed E-state index contributed by atoms with van der Waals surface area (Å²) in [4.78, 5) is 21.1. The Bertz CT molecular complexity index is 651. The van der Waals surface area contributed by atoms with Crippen LogP contribution in [0.1, 0.15) is 15.9 Å². The van der Waals surface area contributed by atoms with Gasteiger partial charge in [-0.15, -0.1) is 0 Å². The molecule has 2 rings (SSSR count). The molecule has 0 aliphatic carbocycles.